The summed E-state index contributed by atoms with van der Waals surface area (Å²) in [6.07, 6.45) is -1.46. The largest absolute Gasteiger partial charge is 0.508 e. The van der Waals surface area contributed by atoms with Crippen molar-refractivity contribution in [2.45, 2.75) is 223 Å². The maximum Gasteiger partial charge on any atom is 0.326 e. The number of benzene rings is 1. The van der Waals surface area contributed by atoms with E-state index < -0.39 is 205 Å². The number of primary amides is 1. The second-order valence-corrected chi connectivity index (χ2v) is 25.9. The van der Waals surface area contributed by atoms with Crippen LogP contribution >= 0.6 is 0 Å². The first-order chi connectivity index (χ1) is 46.6. The number of aliphatic carboxylic acids is 4. The van der Waals surface area contributed by atoms with Crippen LogP contribution in [-0.4, -0.2) is 234 Å². The molecule has 3 fully saturated rings. The van der Waals surface area contributed by atoms with Gasteiger partial charge in [-0.15, -0.1) is 0 Å². The minimum Gasteiger partial charge on any atom is -0.508 e. The number of carboxylic acids is 4. The minimum absolute atomic E-state index is 0.00466. The van der Waals surface area contributed by atoms with Crippen molar-refractivity contribution in [1.82, 2.24) is 57.2 Å². The summed E-state index contributed by atoms with van der Waals surface area (Å²) in [5.74, 6) is -19.2. The van der Waals surface area contributed by atoms with Crippen LogP contribution in [0.1, 0.15) is 150 Å². The summed E-state index contributed by atoms with van der Waals surface area (Å²) in [5.41, 5.74) is 16.8. The summed E-state index contributed by atoms with van der Waals surface area (Å²) in [5, 5.41) is 68.4. The number of carboxylic acid groups (broad SMARTS) is 4. The summed E-state index contributed by atoms with van der Waals surface area (Å²) in [6.45, 7) is 10.7. The average Bonchev–Trinajstić information content (AvgIpc) is 1.76. The van der Waals surface area contributed by atoms with E-state index in [1.807, 2.05) is 0 Å². The topological polar surface area (TPSA) is 558 Å². The van der Waals surface area contributed by atoms with Crippen molar-refractivity contribution in [3.05, 3.63) is 29.8 Å². The Kier molecular flexibility index (Phi) is 32.4. The lowest BCUT2D eigenvalue weighted by atomic mass is 9.94. The zero-order valence-electron chi connectivity index (χ0n) is 56.7. The van der Waals surface area contributed by atoms with Gasteiger partial charge >= 0.3 is 23.9 Å². The maximum absolute atomic E-state index is 15.0. The number of rotatable bonds is 40. The smallest absolute Gasteiger partial charge is 0.326 e. The van der Waals surface area contributed by atoms with Crippen molar-refractivity contribution in [2.75, 3.05) is 26.2 Å². The van der Waals surface area contributed by atoms with Gasteiger partial charge in [-0.1, -0.05) is 66.5 Å². The standard InChI is InChI=1S/C64H98N14O21/c1-7-33(5)51(74-56(90)39(27-35-18-20-36(79)21-19-35)70-55(89)41(30-49(83)84)71-54(88)40(29-47(67)80)69-53(87)37(66)28-48(81)82)60(94)75-52(34(6)8-2)63(97)78-25-13-17-46(78)59(93)72-42(26-32(3)4)61(95)76-23-12-16-45(76)58(92)73-43(31-50(85)86)62(96)77-24-11-15-44(77)57(91)68-38(64(98)99)14-9-10-22-65/h18-21,32-34,37-46,51-52,79H,7-17,22-31,65-66H2,1-6H3,(H2,67,80)(H,68,91)(H,69,87)(H,70,89)(H,71,88)(H,72,93)(H,73,92)(H,74,90)(H,75,94)(H,81,82)(H,83,84)(H,85,86)(H,98,99)/t33-,34-,37-,38-,39-,40-,41-,42-,43-,44-,45-,46-,51-,52-/m0/s1. The molecule has 14 atom stereocenters. The summed E-state index contributed by atoms with van der Waals surface area (Å²) >= 11 is 0. The van der Waals surface area contributed by atoms with Crippen molar-refractivity contribution in [3.8, 4) is 5.75 Å². The van der Waals surface area contributed by atoms with Gasteiger partial charge in [-0.25, -0.2) is 4.79 Å². The Morgan fingerprint density at radius 1 is 0.485 bits per heavy atom. The fraction of sp³-hybridized carbons (Fsp3) is 0.656. The van der Waals surface area contributed by atoms with Gasteiger partial charge in [-0.3, -0.25) is 71.9 Å². The highest BCUT2D eigenvalue weighted by atomic mass is 16.4. The van der Waals surface area contributed by atoms with Gasteiger partial charge in [-0.2, -0.15) is 0 Å². The number of phenols is 1. The quantitative estimate of drug-likeness (QED) is 0.0287. The van der Waals surface area contributed by atoms with Crippen molar-refractivity contribution < 1.29 is 102 Å². The molecule has 3 aliphatic rings. The third-order valence-electron chi connectivity index (χ3n) is 17.8. The SMILES string of the molecule is CC[C@H](C)[C@H](NC(=O)[C@H](Cc1ccc(O)cc1)NC(=O)[C@H](CC(=O)O)NC(=O)[C@H](CC(N)=O)NC(=O)[C@@H](N)CC(=O)O)C(=O)N[C@H](C(=O)N1CCC[C@H]1C(=O)N[C@@H](CC(C)C)C(=O)N1CCC[C@H]1C(=O)N[C@@H](CC(=O)O)C(=O)N1CCC[C@H]1C(=O)N[C@@H](CCCCN)C(=O)O)[C@@H](C)CC. The molecule has 0 saturated carbocycles. The number of nitrogens with one attached hydrogen (secondary N) is 8. The monoisotopic (exact) mass is 1400 g/mol. The van der Waals surface area contributed by atoms with Gasteiger partial charge in [-0.05, 0) is 106 Å². The number of carbonyl (C=O) groups is 16. The van der Waals surface area contributed by atoms with Crippen LogP contribution in [-0.2, 0) is 83.1 Å². The number of hydrogen-bond acceptors (Lipinski definition) is 19. The lowest BCUT2D eigenvalue weighted by Crippen LogP contribution is -2.62. The molecular weight excluding hydrogens is 1300 g/mol. The van der Waals surface area contributed by atoms with Crippen molar-refractivity contribution in [3.63, 3.8) is 0 Å². The third kappa shape index (κ3) is 24.7. The van der Waals surface area contributed by atoms with Gasteiger partial charge in [0.25, 0.3) is 0 Å². The first-order valence-electron chi connectivity index (χ1n) is 33.4. The molecule has 550 valence electrons. The molecule has 3 aliphatic heterocycles. The maximum atomic E-state index is 15.0. The number of phenolic OH excluding ortho intramolecular Hbond substituents is 1. The molecule has 35 heteroatoms. The number of amides is 12. The van der Waals surface area contributed by atoms with Crippen molar-refractivity contribution >= 4 is 94.8 Å². The molecule has 0 aliphatic carbocycles. The molecule has 35 nitrogen and oxygen atoms in total. The number of carbonyl (C=O) groups excluding carboxylic acids is 12. The summed E-state index contributed by atoms with van der Waals surface area (Å²) in [7, 11) is 0. The molecule has 12 amide bonds. The highest BCUT2D eigenvalue weighted by Crippen LogP contribution is 2.26. The zero-order chi connectivity index (χ0) is 74.1. The van der Waals surface area contributed by atoms with E-state index in [1.165, 1.54) is 34.1 Å². The van der Waals surface area contributed by atoms with Crippen molar-refractivity contribution in [1.29, 1.82) is 0 Å². The fourth-order valence-electron chi connectivity index (χ4n) is 12.0. The van der Waals surface area contributed by atoms with E-state index in [1.54, 1.807) is 41.5 Å². The van der Waals surface area contributed by atoms with Crippen LogP contribution in [0.4, 0.5) is 0 Å². The number of unbranched alkanes of at least 4 members (excludes halogenated alkanes) is 1. The Labute approximate surface area is 572 Å². The molecule has 0 spiro atoms. The highest BCUT2D eigenvalue weighted by molar-refractivity contribution is 6.01. The van der Waals surface area contributed by atoms with Crippen LogP contribution in [0.5, 0.6) is 5.75 Å². The summed E-state index contributed by atoms with van der Waals surface area (Å²) in [4.78, 5) is 219. The molecule has 0 bridgehead atoms. The lowest BCUT2D eigenvalue weighted by molar-refractivity contribution is -0.148. The van der Waals surface area contributed by atoms with E-state index in [-0.39, 0.29) is 76.2 Å². The molecule has 4 rings (SSSR count). The van der Waals surface area contributed by atoms with Gasteiger partial charge in [0.05, 0.1) is 31.7 Å². The van der Waals surface area contributed by atoms with E-state index >= 15 is 0 Å². The third-order valence-corrected chi connectivity index (χ3v) is 17.8. The minimum atomic E-state index is -2.04. The predicted octanol–water partition coefficient (Wildman–Crippen LogP) is -3.24. The Balaban J connectivity index is 1.56. The molecule has 0 aromatic heterocycles. The molecule has 1 aromatic carbocycles. The van der Waals surface area contributed by atoms with E-state index in [0.29, 0.717) is 50.6 Å². The molecular formula is C64H98N14O21. The number of nitrogens with two attached hydrogens (primary N) is 3. The second-order valence-electron chi connectivity index (χ2n) is 25.9. The van der Waals surface area contributed by atoms with Gasteiger partial charge in [0.1, 0.15) is 72.2 Å². The Morgan fingerprint density at radius 2 is 0.899 bits per heavy atom. The number of hydrogen-bond donors (Lipinski definition) is 16. The summed E-state index contributed by atoms with van der Waals surface area (Å²) < 4.78 is 0. The molecule has 19 N–H and O–H groups in total. The van der Waals surface area contributed by atoms with Gasteiger partial charge < -0.3 is 100.0 Å². The molecule has 3 heterocycles. The molecule has 0 radical (unpaired) electrons. The average molecular weight is 1400 g/mol. The van der Waals surface area contributed by atoms with Crippen LogP contribution in [0, 0.1) is 17.8 Å². The van der Waals surface area contributed by atoms with Crippen LogP contribution in [0.25, 0.3) is 0 Å². The van der Waals surface area contributed by atoms with E-state index in [4.69, 9.17) is 22.3 Å². The highest BCUT2D eigenvalue weighted by Gasteiger charge is 2.46. The summed E-state index contributed by atoms with van der Waals surface area (Å²) in [6, 6.07) is -12.7. The van der Waals surface area contributed by atoms with Crippen LogP contribution in [0.2, 0.25) is 0 Å². The van der Waals surface area contributed by atoms with Crippen molar-refractivity contribution in [2.24, 2.45) is 35.0 Å². The first-order valence-corrected chi connectivity index (χ1v) is 33.4. The van der Waals surface area contributed by atoms with E-state index in [0.717, 1.165) is 4.90 Å². The zero-order valence-corrected chi connectivity index (χ0v) is 56.7. The Morgan fingerprint density at radius 3 is 1.36 bits per heavy atom. The molecule has 1 aromatic rings. The number of likely N-dealkylation sites (tertiary alicyclic amines) is 3. The van der Waals surface area contributed by atoms with Gasteiger partial charge in [0.15, 0.2) is 0 Å². The van der Waals surface area contributed by atoms with Crippen LogP contribution < -0.4 is 59.7 Å². The molecule has 3 saturated heterocycles. The van der Waals surface area contributed by atoms with Gasteiger partial charge in [0.2, 0.25) is 70.9 Å². The lowest BCUT2D eigenvalue weighted by Gasteiger charge is -2.34. The second kappa shape index (κ2) is 39.2. The van der Waals surface area contributed by atoms with E-state index in [2.05, 4.69) is 42.5 Å². The van der Waals surface area contributed by atoms with Gasteiger partial charge in [0, 0.05) is 26.1 Å². The molecule has 99 heavy (non-hydrogen) atoms. The Hall–Kier alpha value is -9.54. The Bertz CT molecular complexity index is 3100. The normalized spacial score (nSPS) is 19.2. The van der Waals surface area contributed by atoms with Crippen LogP contribution in [0.15, 0.2) is 24.3 Å². The predicted molar refractivity (Wildman–Crippen MR) is 349 cm³/mol. The number of aromatic hydroxyl groups is 1. The number of nitrogens with zero attached hydrogens (tertiary/aromatic N) is 3. The van der Waals surface area contributed by atoms with E-state index in [9.17, 15) is 97.1 Å². The van der Waals surface area contributed by atoms with Crippen LogP contribution in [0.3, 0.4) is 0 Å². The molecule has 0 unspecified atom stereocenters. The first kappa shape index (κ1) is 81.9. The fourth-order valence-corrected chi connectivity index (χ4v) is 12.0.